The van der Waals surface area contributed by atoms with Crippen LogP contribution in [0.2, 0.25) is 0 Å². The van der Waals surface area contributed by atoms with E-state index >= 15 is 0 Å². The number of carbonyl (C=O) groups excluding carboxylic acids is 1. The molecule has 2 N–H and O–H groups in total. The van der Waals surface area contributed by atoms with E-state index in [4.69, 9.17) is 4.74 Å². The fourth-order valence-corrected chi connectivity index (χ4v) is 5.49. The first-order valence-corrected chi connectivity index (χ1v) is 12.5. The van der Waals surface area contributed by atoms with Crippen LogP contribution in [-0.2, 0) is 16.4 Å². The van der Waals surface area contributed by atoms with Gasteiger partial charge in [-0.15, -0.1) is 0 Å². The molecule has 0 heterocycles. The lowest BCUT2D eigenvalue weighted by molar-refractivity contribution is 0.0941. The average molecular weight is 460 g/mol. The lowest BCUT2D eigenvalue weighted by Gasteiger charge is -2.25. The number of nitrogens with zero attached hydrogens (tertiary/aromatic N) is 1. The molecule has 0 saturated heterocycles. The van der Waals surface area contributed by atoms with E-state index in [0.29, 0.717) is 6.54 Å². The number of benzene rings is 2. The summed E-state index contributed by atoms with van der Waals surface area (Å²) >= 11 is 0. The molecule has 8 heteroatoms. The number of methoxy groups -OCH3 is 1. The van der Waals surface area contributed by atoms with Gasteiger partial charge >= 0.3 is 0 Å². The maximum absolute atomic E-state index is 13.0. The zero-order valence-corrected chi connectivity index (χ0v) is 19.8. The molecule has 1 atom stereocenters. The number of likely N-dealkylation sites (N-methyl/N-ethyl adjacent to an activating group) is 1. The van der Waals surface area contributed by atoms with E-state index in [-0.39, 0.29) is 34.2 Å². The molecule has 0 aromatic heterocycles. The van der Waals surface area contributed by atoms with Crippen molar-refractivity contribution in [2.45, 2.75) is 49.1 Å². The Morgan fingerprint density at radius 1 is 1.12 bits per heavy atom. The highest BCUT2D eigenvalue weighted by atomic mass is 32.2. The first kappa shape index (κ1) is 24.2. The standard InChI is InChI=1S/C24H33N3O4S/c1-27(2)21(15-18-9-5-4-6-10-18)17-25-24(28)19-13-14-22(31-3)23(16-19)32(29,30)26-20-11-7-8-12-20/h4-6,9-10,13-14,16,20-21,26H,7-8,11-12,15,17H2,1-3H3,(H,25,28)/t21-/m0/s1. The Kier molecular flexibility index (Phi) is 8.28. The van der Waals surface area contributed by atoms with Gasteiger partial charge in [0.05, 0.1) is 7.11 Å². The maximum Gasteiger partial charge on any atom is 0.251 e. The van der Waals surface area contributed by atoms with Crippen molar-refractivity contribution in [3.8, 4) is 5.75 Å². The third-order valence-corrected chi connectivity index (χ3v) is 7.48. The minimum absolute atomic E-state index is 0.00649. The van der Waals surface area contributed by atoms with Crippen molar-refractivity contribution in [3.63, 3.8) is 0 Å². The molecule has 0 unspecified atom stereocenters. The van der Waals surface area contributed by atoms with E-state index in [1.165, 1.54) is 24.8 Å². The smallest absolute Gasteiger partial charge is 0.251 e. The lowest BCUT2D eigenvalue weighted by Crippen LogP contribution is -2.41. The van der Waals surface area contributed by atoms with Crippen LogP contribution in [0.5, 0.6) is 5.75 Å². The molecule has 0 aliphatic heterocycles. The molecule has 1 fully saturated rings. The van der Waals surface area contributed by atoms with E-state index in [0.717, 1.165) is 32.1 Å². The summed E-state index contributed by atoms with van der Waals surface area (Å²) in [4.78, 5) is 14.9. The number of hydrogen-bond donors (Lipinski definition) is 2. The molecule has 2 aromatic rings. The molecule has 2 aromatic carbocycles. The molecule has 174 valence electrons. The molecule has 3 rings (SSSR count). The summed E-state index contributed by atoms with van der Waals surface area (Å²) in [6, 6.07) is 14.7. The summed E-state index contributed by atoms with van der Waals surface area (Å²) < 4.78 is 34.0. The SMILES string of the molecule is COc1ccc(C(=O)NC[C@H](Cc2ccccc2)N(C)C)cc1S(=O)(=O)NC1CCCC1. The topological polar surface area (TPSA) is 87.7 Å². The normalized spacial score (nSPS) is 15.6. The van der Waals surface area contributed by atoms with Crippen LogP contribution in [0.1, 0.15) is 41.6 Å². The van der Waals surface area contributed by atoms with E-state index < -0.39 is 10.0 Å². The monoisotopic (exact) mass is 459 g/mol. The van der Waals surface area contributed by atoms with Crippen molar-refractivity contribution >= 4 is 15.9 Å². The molecule has 1 aliphatic carbocycles. The van der Waals surface area contributed by atoms with Gasteiger partial charge in [0.15, 0.2) is 0 Å². The molecular weight excluding hydrogens is 426 g/mol. The molecule has 1 aliphatic rings. The molecule has 1 amide bonds. The molecule has 0 spiro atoms. The van der Waals surface area contributed by atoms with E-state index in [2.05, 4.69) is 27.1 Å². The van der Waals surface area contributed by atoms with Crippen molar-refractivity contribution in [2.75, 3.05) is 27.7 Å². The summed E-state index contributed by atoms with van der Waals surface area (Å²) in [5.74, 6) is -0.0906. The minimum Gasteiger partial charge on any atom is -0.495 e. The Morgan fingerprint density at radius 3 is 2.44 bits per heavy atom. The maximum atomic E-state index is 13.0. The van der Waals surface area contributed by atoms with Gasteiger partial charge in [-0.1, -0.05) is 43.2 Å². The number of carbonyl (C=O) groups is 1. The van der Waals surface area contributed by atoms with Gasteiger partial charge in [-0.05, 0) is 57.1 Å². The van der Waals surface area contributed by atoms with Crippen LogP contribution in [0.3, 0.4) is 0 Å². The second-order valence-electron chi connectivity index (χ2n) is 8.49. The van der Waals surface area contributed by atoms with Gasteiger partial charge < -0.3 is 15.0 Å². The fourth-order valence-electron chi connectivity index (χ4n) is 3.99. The summed E-state index contributed by atoms with van der Waals surface area (Å²) in [6.45, 7) is 0.440. The van der Waals surface area contributed by atoms with Crippen LogP contribution < -0.4 is 14.8 Å². The van der Waals surface area contributed by atoms with Crippen molar-refractivity contribution in [3.05, 3.63) is 59.7 Å². The quantitative estimate of drug-likeness (QED) is 0.571. The highest BCUT2D eigenvalue weighted by Crippen LogP contribution is 2.27. The molecule has 1 saturated carbocycles. The number of ether oxygens (including phenoxy) is 1. The van der Waals surface area contributed by atoms with Crippen LogP contribution >= 0.6 is 0 Å². The largest absolute Gasteiger partial charge is 0.495 e. The van der Waals surface area contributed by atoms with Gasteiger partial charge in [0.1, 0.15) is 10.6 Å². The van der Waals surface area contributed by atoms with Crippen molar-refractivity contribution in [2.24, 2.45) is 0 Å². The molecule has 0 radical (unpaired) electrons. The number of amides is 1. The van der Waals surface area contributed by atoms with Crippen LogP contribution in [0.25, 0.3) is 0 Å². The van der Waals surface area contributed by atoms with Crippen molar-refractivity contribution in [1.82, 2.24) is 14.9 Å². The average Bonchev–Trinajstić information content (AvgIpc) is 3.28. The van der Waals surface area contributed by atoms with Gasteiger partial charge in [0.25, 0.3) is 5.91 Å². The second-order valence-corrected chi connectivity index (χ2v) is 10.2. The Balaban J connectivity index is 1.72. The second kappa shape index (κ2) is 10.9. The highest BCUT2D eigenvalue weighted by Gasteiger charge is 2.27. The molecule has 32 heavy (non-hydrogen) atoms. The third kappa shape index (κ3) is 6.31. The molecule has 7 nitrogen and oxygen atoms in total. The Hall–Kier alpha value is -2.42. The summed E-state index contributed by atoms with van der Waals surface area (Å²) in [6.07, 6.45) is 4.48. The van der Waals surface area contributed by atoms with Crippen LogP contribution in [0.15, 0.2) is 53.4 Å². The number of sulfonamides is 1. The van der Waals surface area contributed by atoms with Gasteiger partial charge in [-0.2, -0.15) is 0 Å². The van der Waals surface area contributed by atoms with Crippen molar-refractivity contribution < 1.29 is 17.9 Å². The predicted molar refractivity (Wildman–Crippen MR) is 126 cm³/mol. The zero-order valence-electron chi connectivity index (χ0n) is 19.0. The Bertz CT molecular complexity index is 1000. The predicted octanol–water partition coefficient (Wildman–Crippen LogP) is 2.82. The lowest BCUT2D eigenvalue weighted by atomic mass is 10.0. The van der Waals surface area contributed by atoms with E-state index in [1.54, 1.807) is 6.07 Å². The van der Waals surface area contributed by atoms with Gasteiger partial charge in [-0.3, -0.25) is 4.79 Å². The van der Waals surface area contributed by atoms with Gasteiger partial charge in [0.2, 0.25) is 10.0 Å². The first-order chi connectivity index (χ1) is 15.3. The van der Waals surface area contributed by atoms with Crippen LogP contribution in [-0.4, -0.2) is 59.1 Å². The van der Waals surface area contributed by atoms with Crippen LogP contribution in [0, 0.1) is 0 Å². The summed E-state index contributed by atoms with van der Waals surface area (Å²) in [5, 5.41) is 2.95. The van der Waals surface area contributed by atoms with Gasteiger partial charge in [0, 0.05) is 24.2 Å². The minimum atomic E-state index is -3.79. The Morgan fingerprint density at radius 2 is 1.81 bits per heavy atom. The third-order valence-electron chi connectivity index (χ3n) is 5.94. The van der Waals surface area contributed by atoms with E-state index in [9.17, 15) is 13.2 Å². The van der Waals surface area contributed by atoms with Gasteiger partial charge in [-0.25, -0.2) is 13.1 Å². The molecular formula is C24H33N3O4S. The molecule has 0 bridgehead atoms. The summed E-state index contributed by atoms with van der Waals surface area (Å²) in [7, 11) is 1.59. The first-order valence-electron chi connectivity index (χ1n) is 11.0. The van der Waals surface area contributed by atoms with Crippen molar-refractivity contribution in [1.29, 1.82) is 0 Å². The zero-order chi connectivity index (χ0) is 23.1. The van der Waals surface area contributed by atoms with E-state index in [1.807, 2.05) is 32.3 Å². The highest BCUT2D eigenvalue weighted by molar-refractivity contribution is 7.89. The Labute approximate surface area is 191 Å². The summed E-state index contributed by atoms with van der Waals surface area (Å²) in [5.41, 5.74) is 1.48. The van der Waals surface area contributed by atoms with Crippen LogP contribution in [0.4, 0.5) is 0 Å². The number of nitrogens with one attached hydrogen (secondary N) is 2. The number of hydrogen-bond acceptors (Lipinski definition) is 5. The fraction of sp³-hybridized carbons (Fsp3) is 0.458. The number of rotatable bonds is 10.